The second-order valence-electron chi connectivity index (χ2n) is 6.43. The molecule has 0 aliphatic rings. The summed E-state index contributed by atoms with van der Waals surface area (Å²) in [6, 6.07) is 0. The zero-order valence-electron chi connectivity index (χ0n) is 15.1. The topological polar surface area (TPSA) is 46.5 Å². The van der Waals surface area contributed by atoms with Gasteiger partial charge in [-0.1, -0.05) is 90.0 Å². The van der Waals surface area contributed by atoms with Gasteiger partial charge in [-0.2, -0.15) is 0 Å². The molecular weight excluding hydrogens is 288 g/mol. The maximum absolute atomic E-state index is 11.1. The monoisotopic (exact) mass is 326 g/mol. The van der Waals surface area contributed by atoms with Crippen LogP contribution in [0, 0.1) is 0 Å². The number of ether oxygens (including phenoxy) is 1. The van der Waals surface area contributed by atoms with E-state index in [0.29, 0.717) is 13.0 Å². The van der Waals surface area contributed by atoms with Crippen molar-refractivity contribution in [1.29, 1.82) is 0 Å². The predicted octanol–water partition coefficient (Wildman–Crippen LogP) is 5.91. The maximum atomic E-state index is 11.1. The van der Waals surface area contributed by atoms with Crippen LogP contribution in [0.5, 0.6) is 0 Å². The van der Waals surface area contributed by atoms with Crippen molar-refractivity contribution in [3.8, 4) is 0 Å². The first-order chi connectivity index (χ1) is 11.3. The second kappa shape index (κ2) is 19.2. The zero-order valence-corrected chi connectivity index (χ0v) is 15.1. The van der Waals surface area contributed by atoms with E-state index in [-0.39, 0.29) is 5.97 Å². The van der Waals surface area contributed by atoms with Crippen molar-refractivity contribution in [2.45, 2.75) is 103 Å². The van der Waals surface area contributed by atoms with Crippen LogP contribution in [-0.2, 0) is 9.53 Å². The number of aliphatic hydroxyl groups excluding tert-OH is 1. The number of esters is 1. The highest BCUT2D eigenvalue weighted by Crippen LogP contribution is 2.13. The Labute approximate surface area is 143 Å². The molecule has 0 saturated heterocycles. The van der Waals surface area contributed by atoms with Gasteiger partial charge < -0.3 is 9.84 Å². The highest BCUT2D eigenvalue weighted by atomic mass is 16.5. The van der Waals surface area contributed by atoms with Crippen molar-refractivity contribution in [3.63, 3.8) is 0 Å². The van der Waals surface area contributed by atoms with Gasteiger partial charge in [-0.05, 0) is 12.8 Å². The minimum Gasteiger partial charge on any atom is -0.435 e. The van der Waals surface area contributed by atoms with Gasteiger partial charge >= 0.3 is 5.97 Å². The molecule has 0 heterocycles. The van der Waals surface area contributed by atoms with Gasteiger partial charge in [-0.3, -0.25) is 4.79 Å². The van der Waals surface area contributed by atoms with Crippen LogP contribution in [0.3, 0.4) is 0 Å². The zero-order chi connectivity index (χ0) is 17.0. The summed E-state index contributed by atoms with van der Waals surface area (Å²) in [5.74, 6) is -0.159. The molecule has 1 N–H and O–H groups in total. The van der Waals surface area contributed by atoms with E-state index in [1.54, 1.807) is 0 Å². The summed E-state index contributed by atoms with van der Waals surface area (Å²) in [5, 5.41) is 8.69. The molecule has 136 valence electrons. The van der Waals surface area contributed by atoms with Crippen LogP contribution in [0.4, 0.5) is 0 Å². The summed E-state index contributed by atoms with van der Waals surface area (Å²) in [6.45, 7) is 3.72. The largest absolute Gasteiger partial charge is 0.435 e. The maximum Gasteiger partial charge on any atom is 0.310 e. The number of rotatable bonds is 18. The molecule has 0 saturated carbocycles. The summed E-state index contributed by atoms with van der Waals surface area (Å²) in [7, 11) is 0. The average molecular weight is 327 g/mol. The first-order valence-electron chi connectivity index (χ1n) is 9.72. The van der Waals surface area contributed by atoms with Gasteiger partial charge in [0.2, 0.25) is 0 Å². The van der Waals surface area contributed by atoms with Crippen LogP contribution in [0.25, 0.3) is 0 Å². The lowest BCUT2D eigenvalue weighted by Crippen LogP contribution is -1.98. The van der Waals surface area contributed by atoms with E-state index in [1.165, 1.54) is 83.3 Å². The third kappa shape index (κ3) is 19.1. The van der Waals surface area contributed by atoms with Crippen molar-refractivity contribution in [2.75, 3.05) is 6.61 Å². The van der Waals surface area contributed by atoms with Gasteiger partial charge in [0, 0.05) is 13.0 Å². The minimum atomic E-state index is -0.159. The molecule has 0 aromatic heterocycles. The van der Waals surface area contributed by atoms with Crippen LogP contribution in [0.15, 0.2) is 12.8 Å². The first-order valence-corrected chi connectivity index (χ1v) is 9.72. The summed E-state index contributed by atoms with van der Waals surface area (Å²) < 4.78 is 4.68. The predicted molar refractivity (Wildman–Crippen MR) is 97.2 cm³/mol. The minimum absolute atomic E-state index is 0.159. The van der Waals surface area contributed by atoms with E-state index in [0.717, 1.165) is 19.3 Å². The highest BCUT2D eigenvalue weighted by Gasteiger charge is 2.00. The SMILES string of the molecule is C=COC(=O)CCCCCCCCCCCCCCCCCO. The molecule has 0 aliphatic heterocycles. The van der Waals surface area contributed by atoms with Gasteiger partial charge in [0.1, 0.15) is 0 Å². The molecule has 0 aromatic rings. The van der Waals surface area contributed by atoms with Crippen LogP contribution >= 0.6 is 0 Å². The summed E-state index contributed by atoms with van der Waals surface area (Å²) in [4.78, 5) is 11.1. The van der Waals surface area contributed by atoms with Gasteiger partial charge in [-0.15, -0.1) is 0 Å². The fraction of sp³-hybridized carbons (Fsp3) is 0.850. The molecule has 0 amide bonds. The van der Waals surface area contributed by atoms with Gasteiger partial charge in [0.25, 0.3) is 0 Å². The number of carbonyl (C=O) groups is 1. The molecule has 0 aromatic carbocycles. The Balaban J connectivity index is 3.02. The number of hydrogen-bond acceptors (Lipinski definition) is 3. The Morgan fingerprint density at radius 1 is 0.696 bits per heavy atom. The smallest absolute Gasteiger partial charge is 0.310 e. The van der Waals surface area contributed by atoms with E-state index in [1.807, 2.05) is 0 Å². The molecule has 0 rings (SSSR count). The van der Waals surface area contributed by atoms with E-state index >= 15 is 0 Å². The molecule has 0 atom stereocenters. The molecule has 0 fully saturated rings. The first kappa shape index (κ1) is 22.2. The fourth-order valence-corrected chi connectivity index (χ4v) is 2.83. The Kier molecular flexibility index (Phi) is 18.5. The lowest BCUT2D eigenvalue weighted by molar-refractivity contribution is -0.138. The molecule has 0 bridgehead atoms. The lowest BCUT2D eigenvalue weighted by Gasteiger charge is -2.03. The standard InChI is InChI=1S/C20H38O3/c1-2-23-20(22)18-16-14-12-10-8-6-4-3-5-7-9-11-13-15-17-19-21/h2,21H,1,3-19H2. The van der Waals surface area contributed by atoms with Crippen molar-refractivity contribution in [2.24, 2.45) is 0 Å². The number of aliphatic hydroxyl groups is 1. The summed E-state index contributed by atoms with van der Waals surface area (Å²) in [5.41, 5.74) is 0. The van der Waals surface area contributed by atoms with Crippen molar-refractivity contribution >= 4 is 5.97 Å². The molecule has 0 unspecified atom stereocenters. The molecule has 0 radical (unpaired) electrons. The molecule has 3 nitrogen and oxygen atoms in total. The third-order valence-corrected chi connectivity index (χ3v) is 4.25. The second-order valence-corrected chi connectivity index (χ2v) is 6.43. The Bertz CT molecular complexity index is 264. The normalized spacial score (nSPS) is 10.7. The van der Waals surface area contributed by atoms with Crippen molar-refractivity contribution < 1.29 is 14.6 Å². The van der Waals surface area contributed by atoms with Gasteiger partial charge in [0.05, 0.1) is 6.26 Å². The third-order valence-electron chi connectivity index (χ3n) is 4.25. The van der Waals surface area contributed by atoms with Crippen LogP contribution in [-0.4, -0.2) is 17.7 Å². The Hall–Kier alpha value is -0.830. The van der Waals surface area contributed by atoms with Crippen molar-refractivity contribution in [1.82, 2.24) is 0 Å². The average Bonchev–Trinajstić information content (AvgIpc) is 2.54. The van der Waals surface area contributed by atoms with E-state index in [9.17, 15) is 4.79 Å². The molecular formula is C20H38O3. The summed E-state index contributed by atoms with van der Waals surface area (Å²) >= 11 is 0. The lowest BCUT2D eigenvalue weighted by atomic mass is 10.0. The number of carbonyl (C=O) groups excluding carboxylic acids is 1. The van der Waals surface area contributed by atoms with Crippen molar-refractivity contribution in [3.05, 3.63) is 12.8 Å². The highest BCUT2D eigenvalue weighted by molar-refractivity contribution is 5.69. The summed E-state index contributed by atoms with van der Waals surface area (Å²) in [6.07, 6.45) is 20.6. The van der Waals surface area contributed by atoms with E-state index in [4.69, 9.17) is 5.11 Å². The number of unbranched alkanes of at least 4 members (excludes halogenated alkanes) is 14. The molecule has 3 heteroatoms. The van der Waals surface area contributed by atoms with E-state index < -0.39 is 0 Å². The quantitative estimate of drug-likeness (QED) is 0.193. The van der Waals surface area contributed by atoms with Crippen LogP contribution in [0.2, 0.25) is 0 Å². The van der Waals surface area contributed by atoms with E-state index in [2.05, 4.69) is 11.3 Å². The Morgan fingerprint density at radius 3 is 1.39 bits per heavy atom. The van der Waals surface area contributed by atoms with Gasteiger partial charge in [-0.25, -0.2) is 0 Å². The van der Waals surface area contributed by atoms with Crippen LogP contribution < -0.4 is 0 Å². The van der Waals surface area contributed by atoms with Crippen LogP contribution in [0.1, 0.15) is 103 Å². The Morgan fingerprint density at radius 2 is 1.04 bits per heavy atom. The fourth-order valence-electron chi connectivity index (χ4n) is 2.83. The van der Waals surface area contributed by atoms with Gasteiger partial charge in [0.15, 0.2) is 0 Å². The molecule has 0 aliphatic carbocycles. The molecule has 23 heavy (non-hydrogen) atoms. The molecule has 0 spiro atoms. The number of hydrogen-bond donors (Lipinski definition) is 1.